The van der Waals surface area contributed by atoms with E-state index in [1.807, 2.05) is 20.8 Å². The lowest BCUT2D eigenvalue weighted by Gasteiger charge is -2.16. The molecule has 0 spiro atoms. The third kappa shape index (κ3) is 2.70. The Morgan fingerprint density at radius 3 is 2.82 bits per heavy atom. The summed E-state index contributed by atoms with van der Waals surface area (Å²) in [6.07, 6.45) is 2.27. The lowest BCUT2D eigenvalue weighted by atomic mass is 10.0. The Hall–Kier alpha value is -1.95. The maximum Gasteiger partial charge on any atom is 0.259 e. The molecule has 0 aromatic carbocycles. The number of aryl methyl sites for hydroxylation is 1. The molecule has 3 N–H and O–H groups in total. The predicted molar refractivity (Wildman–Crippen MR) is 83.7 cm³/mol. The van der Waals surface area contributed by atoms with Crippen molar-refractivity contribution in [2.75, 3.05) is 6.54 Å². The molecule has 1 aliphatic rings. The van der Waals surface area contributed by atoms with Crippen molar-refractivity contribution in [2.24, 2.45) is 11.7 Å². The first-order valence-corrected chi connectivity index (χ1v) is 7.79. The fraction of sp³-hybridized carbons (Fsp3) is 0.562. The molecule has 2 aromatic heterocycles. The molecule has 6 heteroatoms. The van der Waals surface area contributed by atoms with E-state index < -0.39 is 0 Å². The zero-order valence-corrected chi connectivity index (χ0v) is 13.2. The van der Waals surface area contributed by atoms with E-state index in [1.54, 1.807) is 6.07 Å². The summed E-state index contributed by atoms with van der Waals surface area (Å²) in [6, 6.07) is 1.83. The van der Waals surface area contributed by atoms with E-state index >= 15 is 0 Å². The lowest BCUT2D eigenvalue weighted by Crippen LogP contribution is -2.41. The molecule has 0 radical (unpaired) electrons. The average Bonchev–Trinajstić information content (AvgIpc) is 3.22. The fourth-order valence-corrected chi connectivity index (χ4v) is 2.78. The van der Waals surface area contributed by atoms with Gasteiger partial charge in [0.1, 0.15) is 0 Å². The molecule has 1 saturated carbocycles. The third-order valence-electron chi connectivity index (χ3n) is 4.15. The van der Waals surface area contributed by atoms with Crippen LogP contribution >= 0.6 is 0 Å². The number of aromatic nitrogens is 2. The highest BCUT2D eigenvalue weighted by Crippen LogP contribution is 2.33. The van der Waals surface area contributed by atoms with Gasteiger partial charge in [-0.25, -0.2) is 4.98 Å². The SMILES string of the molecule is Cc1cc(C(=O)NC(CN)C2CC2)c2c(C(C)C)noc2n1. The second kappa shape index (κ2) is 5.68. The zero-order valence-electron chi connectivity index (χ0n) is 13.2. The summed E-state index contributed by atoms with van der Waals surface area (Å²) in [4.78, 5) is 17.1. The van der Waals surface area contributed by atoms with Crippen molar-refractivity contribution in [3.63, 3.8) is 0 Å². The van der Waals surface area contributed by atoms with Crippen LogP contribution in [0.15, 0.2) is 10.6 Å². The number of fused-ring (bicyclic) bond motifs is 1. The summed E-state index contributed by atoms with van der Waals surface area (Å²) < 4.78 is 5.31. The molecule has 0 saturated heterocycles. The van der Waals surface area contributed by atoms with Crippen LogP contribution in [0.3, 0.4) is 0 Å². The molecule has 0 aliphatic heterocycles. The fourth-order valence-electron chi connectivity index (χ4n) is 2.78. The van der Waals surface area contributed by atoms with Gasteiger partial charge < -0.3 is 15.6 Å². The Morgan fingerprint density at radius 2 is 2.23 bits per heavy atom. The second-order valence-corrected chi connectivity index (χ2v) is 6.37. The Kier molecular flexibility index (Phi) is 3.87. The number of nitrogens with two attached hydrogens (primary N) is 1. The van der Waals surface area contributed by atoms with E-state index in [-0.39, 0.29) is 17.9 Å². The molecule has 118 valence electrons. The number of hydrogen-bond donors (Lipinski definition) is 2. The van der Waals surface area contributed by atoms with E-state index in [0.717, 1.165) is 24.2 Å². The van der Waals surface area contributed by atoms with E-state index in [4.69, 9.17) is 10.3 Å². The van der Waals surface area contributed by atoms with Crippen LogP contribution in [0.1, 0.15) is 54.4 Å². The van der Waals surface area contributed by atoms with Crippen molar-refractivity contribution >= 4 is 17.0 Å². The number of rotatable bonds is 5. The van der Waals surface area contributed by atoms with Crippen molar-refractivity contribution in [1.29, 1.82) is 0 Å². The van der Waals surface area contributed by atoms with Crippen LogP contribution in [-0.2, 0) is 0 Å². The zero-order chi connectivity index (χ0) is 15.9. The number of nitrogens with one attached hydrogen (secondary N) is 1. The van der Waals surface area contributed by atoms with Gasteiger partial charge in [-0.15, -0.1) is 0 Å². The number of amides is 1. The quantitative estimate of drug-likeness (QED) is 0.882. The van der Waals surface area contributed by atoms with Gasteiger partial charge in [0.2, 0.25) is 0 Å². The minimum Gasteiger partial charge on any atom is -0.348 e. The third-order valence-corrected chi connectivity index (χ3v) is 4.15. The average molecular weight is 302 g/mol. The van der Waals surface area contributed by atoms with Crippen LogP contribution < -0.4 is 11.1 Å². The number of carbonyl (C=O) groups excluding carboxylic acids is 1. The van der Waals surface area contributed by atoms with Gasteiger partial charge in [-0.1, -0.05) is 19.0 Å². The molecular formula is C16H22N4O2. The molecule has 6 nitrogen and oxygen atoms in total. The van der Waals surface area contributed by atoms with Crippen molar-refractivity contribution in [3.05, 3.63) is 23.0 Å². The van der Waals surface area contributed by atoms with E-state index in [0.29, 0.717) is 29.1 Å². The molecular weight excluding hydrogens is 280 g/mol. The van der Waals surface area contributed by atoms with E-state index in [9.17, 15) is 4.79 Å². The summed E-state index contributed by atoms with van der Waals surface area (Å²) in [5, 5.41) is 7.86. The first-order chi connectivity index (χ1) is 10.5. The summed E-state index contributed by atoms with van der Waals surface area (Å²) >= 11 is 0. The van der Waals surface area contributed by atoms with Gasteiger partial charge in [-0.05, 0) is 37.7 Å². The highest BCUT2D eigenvalue weighted by molar-refractivity contribution is 6.06. The molecule has 3 rings (SSSR count). The minimum absolute atomic E-state index is 0.0402. The Morgan fingerprint density at radius 1 is 1.50 bits per heavy atom. The van der Waals surface area contributed by atoms with E-state index in [2.05, 4.69) is 15.5 Å². The molecule has 22 heavy (non-hydrogen) atoms. The molecule has 1 unspecified atom stereocenters. The van der Waals surface area contributed by atoms with E-state index in [1.165, 1.54) is 0 Å². The molecule has 1 atom stereocenters. The first-order valence-electron chi connectivity index (χ1n) is 7.79. The standard InChI is InChI=1S/C16H22N4O2/c1-8(2)14-13-11(6-9(3)18-16(13)22-20-14)15(21)19-12(7-17)10-4-5-10/h6,8,10,12H,4-5,7,17H2,1-3H3,(H,19,21). The van der Waals surface area contributed by atoms with Gasteiger partial charge in [0.25, 0.3) is 11.6 Å². The largest absolute Gasteiger partial charge is 0.348 e. The lowest BCUT2D eigenvalue weighted by molar-refractivity contribution is 0.0935. The first kappa shape index (κ1) is 15.0. The Bertz CT molecular complexity index is 703. The van der Waals surface area contributed by atoms with Crippen molar-refractivity contribution < 1.29 is 9.32 Å². The molecule has 1 fully saturated rings. The van der Waals surface area contributed by atoms with Gasteiger partial charge in [0.15, 0.2) is 0 Å². The van der Waals surface area contributed by atoms with Crippen LogP contribution in [0, 0.1) is 12.8 Å². The summed E-state index contributed by atoms with van der Waals surface area (Å²) in [7, 11) is 0. The number of hydrogen-bond acceptors (Lipinski definition) is 5. The number of pyridine rings is 1. The normalized spacial score (nSPS) is 16.2. The molecule has 1 amide bonds. The van der Waals surface area contributed by atoms with Gasteiger partial charge in [0.05, 0.1) is 16.6 Å². The maximum atomic E-state index is 12.7. The van der Waals surface area contributed by atoms with Crippen molar-refractivity contribution in [1.82, 2.24) is 15.5 Å². The minimum atomic E-state index is -0.122. The Balaban J connectivity index is 2.00. The summed E-state index contributed by atoms with van der Waals surface area (Å²) in [6.45, 7) is 6.34. The molecule has 2 heterocycles. The van der Waals surface area contributed by atoms with Gasteiger partial charge in [0, 0.05) is 18.3 Å². The number of nitrogens with zero attached hydrogens (tertiary/aromatic N) is 2. The van der Waals surface area contributed by atoms with Crippen LogP contribution in [0.4, 0.5) is 0 Å². The van der Waals surface area contributed by atoms with Gasteiger partial charge in [-0.3, -0.25) is 4.79 Å². The summed E-state index contributed by atoms with van der Waals surface area (Å²) in [5.41, 5.74) is 8.28. The maximum absolute atomic E-state index is 12.7. The monoisotopic (exact) mass is 302 g/mol. The molecule has 2 aromatic rings. The van der Waals surface area contributed by atoms with Crippen LogP contribution in [-0.4, -0.2) is 28.6 Å². The van der Waals surface area contributed by atoms with Crippen molar-refractivity contribution in [3.8, 4) is 0 Å². The van der Waals surface area contributed by atoms with Crippen LogP contribution in [0.2, 0.25) is 0 Å². The van der Waals surface area contributed by atoms with Gasteiger partial charge in [-0.2, -0.15) is 0 Å². The predicted octanol–water partition coefficient (Wildman–Crippen LogP) is 2.12. The molecule has 0 bridgehead atoms. The summed E-state index contributed by atoms with van der Waals surface area (Å²) in [5.74, 6) is 0.549. The van der Waals surface area contributed by atoms with Crippen LogP contribution in [0.5, 0.6) is 0 Å². The highest BCUT2D eigenvalue weighted by atomic mass is 16.5. The highest BCUT2D eigenvalue weighted by Gasteiger charge is 2.32. The van der Waals surface area contributed by atoms with Crippen molar-refractivity contribution in [2.45, 2.75) is 45.6 Å². The second-order valence-electron chi connectivity index (χ2n) is 6.37. The van der Waals surface area contributed by atoms with Gasteiger partial charge >= 0.3 is 0 Å². The van der Waals surface area contributed by atoms with Crippen LogP contribution in [0.25, 0.3) is 11.1 Å². The Labute approximate surface area is 129 Å². The smallest absolute Gasteiger partial charge is 0.259 e. The topological polar surface area (TPSA) is 94.0 Å². The number of carbonyl (C=O) groups is 1. The molecule has 1 aliphatic carbocycles.